The monoisotopic (exact) mass is 645 g/mol. The van der Waals surface area contributed by atoms with Gasteiger partial charge in [0, 0.05) is 0 Å². The summed E-state index contributed by atoms with van der Waals surface area (Å²) in [6.45, 7) is 4.85. The summed E-state index contributed by atoms with van der Waals surface area (Å²) in [7, 11) is -2.66. The molecule has 0 unspecified atom stereocenters. The molecule has 0 heterocycles. The van der Waals surface area contributed by atoms with E-state index in [1.807, 2.05) is 0 Å². The van der Waals surface area contributed by atoms with E-state index >= 15 is 0 Å². The fourth-order valence-corrected chi connectivity index (χ4v) is 6.96. The highest BCUT2D eigenvalue weighted by atomic mass is 32.3. The van der Waals surface area contributed by atoms with Gasteiger partial charge in [-0.05, 0) is 18.8 Å². The molecule has 0 radical (unpaired) electrons. The first-order valence-corrected chi connectivity index (χ1v) is 21.3. The molecule has 0 saturated heterocycles. The van der Waals surface area contributed by atoms with Crippen LogP contribution in [0.3, 0.4) is 0 Å². The molecule has 0 N–H and O–H groups in total. The lowest BCUT2D eigenvalue weighted by molar-refractivity contribution is 0.192. The Balaban J connectivity index is 3.74. The van der Waals surface area contributed by atoms with Crippen molar-refractivity contribution in [3.05, 3.63) is 0 Å². The third kappa shape index (κ3) is 34.7. The summed E-state index contributed by atoms with van der Waals surface area (Å²) in [6, 6.07) is 0. The fourth-order valence-electron chi connectivity index (χ4n) is 6.50. The number of rotatable bonds is 38. The highest BCUT2D eigenvalue weighted by Crippen LogP contribution is 2.21. The van der Waals surface area contributed by atoms with Crippen molar-refractivity contribution in [3.63, 3.8) is 0 Å². The standard InChI is InChI=1S/C39H80O4S/c1-4-6-8-10-12-14-16-18-20-22-24-26-28-30-32-34-36-39(38-43-44(40,41)42-3)37-35-33-31-29-27-25-23-21-19-17-15-13-11-9-7-5-2/h39H,4-38H2,1-3H3. The van der Waals surface area contributed by atoms with Crippen molar-refractivity contribution >= 4 is 10.4 Å². The van der Waals surface area contributed by atoms with E-state index in [4.69, 9.17) is 4.18 Å². The lowest BCUT2D eigenvalue weighted by atomic mass is 9.94. The van der Waals surface area contributed by atoms with E-state index in [1.165, 1.54) is 213 Å². The Kier molecular flexibility index (Phi) is 35.6. The Morgan fingerprint density at radius 2 is 0.614 bits per heavy atom. The fraction of sp³-hybridized carbons (Fsp3) is 1.00. The molecule has 5 heteroatoms. The van der Waals surface area contributed by atoms with E-state index in [0.29, 0.717) is 5.92 Å². The molecule has 0 spiro atoms. The molecule has 0 aromatic rings. The van der Waals surface area contributed by atoms with Crippen molar-refractivity contribution < 1.29 is 16.8 Å². The van der Waals surface area contributed by atoms with Crippen LogP contribution in [0, 0.1) is 5.92 Å². The van der Waals surface area contributed by atoms with Gasteiger partial charge in [-0.3, -0.25) is 4.18 Å². The Hall–Kier alpha value is -0.130. The summed E-state index contributed by atoms with van der Waals surface area (Å²) < 4.78 is 33.1. The maximum Gasteiger partial charge on any atom is 0.399 e. The van der Waals surface area contributed by atoms with Gasteiger partial charge in [-0.2, -0.15) is 8.42 Å². The molecule has 44 heavy (non-hydrogen) atoms. The van der Waals surface area contributed by atoms with Crippen molar-refractivity contribution in [2.24, 2.45) is 5.92 Å². The summed E-state index contributed by atoms with van der Waals surface area (Å²) in [5.74, 6) is 0.318. The summed E-state index contributed by atoms with van der Waals surface area (Å²) >= 11 is 0. The lowest BCUT2D eigenvalue weighted by Crippen LogP contribution is -2.16. The lowest BCUT2D eigenvalue weighted by Gasteiger charge is -2.16. The molecule has 0 aliphatic rings. The van der Waals surface area contributed by atoms with Gasteiger partial charge in [0.15, 0.2) is 0 Å². The molecule has 0 atom stereocenters. The van der Waals surface area contributed by atoms with Crippen LogP contribution in [0.15, 0.2) is 0 Å². The topological polar surface area (TPSA) is 52.6 Å². The SMILES string of the molecule is CCCCCCCCCCCCCCCCCCC(CCCCCCCCCCCCCCCCCC)COS(=O)(=O)OC. The molecule has 4 nitrogen and oxygen atoms in total. The van der Waals surface area contributed by atoms with Crippen molar-refractivity contribution in [2.75, 3.05) is 13.7 Å². The largest absolute Gasteiger partial charge is 0.399 e. The van der Waals surface area contributed by atoms with Gasteiger partial charge >= 0.3 is 10.4 Å². The normalized spacial score (nSPS) is 12.1. The number of unbranched alkanes of at least 4 members (excludes halogenated alkanes) is 30. The molecule has 0 aliphatic heterocycles. The summed E-state index contributed by atoms with van der Waals surface area (Å²) in [6.07, 6.45) is 46.2. The Labute approximate surface area is 278 Å². The number of hydrogen-bond acceptors (Lipinski definition) is 4. The van der Waals surface area contributed by atoms with Crippen molar-refractivity contribution in [2.45, 2.75) is 232 Å². The van der Waals surface area contributed by atoms with Crippen LogP contribution in [0.25, 0.3) is 0 Å². The molecule has 0 bridgehead atoms. The summed E-state index contributed by atoms with van der Waals surface area (Å²) in [4.78, 5) is 0. The van der Waals surface area contributed by atoms with Gasteiger partial charge in [0.2, 0.25) is 0 Å². The quantitative estimate of drug-likeness (QED) is 0.0628. The van der Waals surface area contributed by atoms with Crippen molar-refractivity contribution in [1.29, 1.82) is 0 Å². The van der Waals surface area contributed by atoms with Crippen molar-refractivity contribution in [1.82, 2.24) is 0 Å². The number of hydrogen-bond donors (Lipinski definition) is 0. The first-order valence-electron chi connectivity index (χ1n) is 20.0. The van der Waals surface area contributed by atoms with Crippen LogP contribution in [0.1, 0.15) is 232 Å². The second kappa shape index (κ2) is 35.7. The molecule has 0 aliphatic carbocycles. The van der Waals surface area contributed by atoms with Crippen LogP contribution in [-0.2, 0) is 18.8 Å². The van der Waals surface area contributed by atoms with E-state index in [2.05, 4.69) is 18.0 Å². The van der Waals surface area contributed by atoms with Gasteiger partial charge in [-0.1, -0.05) is 219 Å². The predicted molar refractivity (Wildman–Crippen MR) is 194 cm³/mol. The third-order valence-corrected chi connectivity index (χ3v) is 10.4. The van der Waals surface area contributed by atoms with Crippen LogP contribution in [0.5, 0.6) is 0 Å². The summed E-state index contributed by atoms with van der Waals surface area (Å²) in [5, 5.41) is 0. The van der Waals surface area contributed by atoms with Gasteiger partial charge in [0.05, 0.1) is 13.7 Å². The van der Waals surface area contributed by atoms with Gasteiger partial charge in [-0.15, -0.1) is 0 Å². The minimum absolute atomic E-state index is 0.271. The van der Waals surface area contributed by atoms with E-state index in [1.54, 1.807) is 0 Å². The molecule has 0 amide bonds. The first kappa shape index (κ1) is 43.9. The second-order valence-electron chi connectivity index (χ2n) is 13.9. The minimum Gasteiger partial charge on any atom is -0.252 e. The van der Waals surface area contributed by atoms with E-state index < -0.39 is 10.4 Å². The van der Waals surface area contributed by atoms with Crippen LogP contribution in [-0.4, -0.2) is 22.1 Å². The summed E-state index contributed by atoms with van der Waals surface area (Å²) in [5.41, 5.74) is 0. The van der Waals surface area contributed by atoms with Crippen LogP contribution in [0.2, 0.25) is 0 Å². The zero-order valence-electron chi connectivity index (χ0n) is 30.4. The maximum absolute atomic E-state index is 11.7. The average Bonchev–Trinajstić information content (AvgIpc) is 3.02. The molecule has 0 aromatic heterocycles. The third-order valence-electron chi connectivity index (χ3n) is 9.58. The van der Waals surface area contributed by atoms with Gasteiger partial charge in [0.25, 0.3) is 0 Å². The van der Waals surface area contributed by atoms with Gasteiger partial charge in [-0.25, -0.2) is 4.18 Å². The van der Waals surface area contributed by atoms with E-state index in [9.17, 15) is 8.42 Å². The second-order valence-corrected chi connectivity index (χ2v) is 15.3. The molecule has 0 aromatic carbocycles. The van der Waals surface area contributed by atoms with Crippen molar-refractivity contribution in [3.8, 4) is 0 Å². The maximum atomic E-state index is 11.7. The highest BCUT2D eigenvalue weighted by molar-refractivity contribution is 7.81. The van der Waals surface area contributed by atoms with E-state index in [0.717, 1.165) is 12.8 Å². The van der Waals surface area contributed by atoms with Crippen LogP contribution in [0.4, 0.5) is 0 Å². The first-order chi connectivity index (χ1) is 21.6. The Morgan fingerprint density at radius 3 is 0.841 bits per heavy atom. The molecule has 0 rings (SSSR count). The van der Waals surface area contributed by atoms with Gasteiger partial charge < -0.3 is 0 Å². The molecule has 0 saturated carbocycles. The smallest absolute Gasteiger partial charge is 0.252 e. The zero-order valence-corrected chi connectivity index (χ0v) is 31.2. The minimum atomic E-state index is -3.84. The zero-order chi connectivity index (χ0) is 32.2. The van der Waals surface area contributed by atoms with Gasteiger partial charge in [0.1, 0.15) is 0 Å². The average molecular weight is 645 g/mol. The Morgan fingerprint density at radius 1 is 0.386 bits per heavy atom. The van der Waals surface area contributed by atoms with E-state index in [-0.39, 0.29) is 6.61 Å². The molecule has 0 fully saturated rings. The highest BCUT2D eigenvalue weighted by Gasteiger charge is 2.15. The molecular formula is C39H80O4S. The Bertz CT molecular complexity index is 600. The molecule has 266 valence electrons. The molecular weight excluding hydrogens is 564 g/mol. The predicted octanol–water partition coefficient (Wildman–Crippen LogP) is 13.8. The van der Waals surface area contributed by atoms with Crippen LogP contribution < -0.4 is 0 Å². The van der Waals surface area contributed by atoms with Crippen LogP contribution >= 0.6 is 0 Å².